The van der Waals surface area contributed by atoms with Gasteiger partial charge in [0.25, 0.3) is 5.91 Å². The van der Waals surface area contributed by atoms with Crippen LogP contribution in [0.5, 0.6) is 0 Å². The van der Waals surface area contributed by atoms with Crippen LogP contribution >= 0.6 is 0 Å². The number of aromatic nitrogens is 3. The largest absolute Gasteiger partial charge is 0.392 e. The van der Waals surface area contributed by atoms with Gasteiger partial charge in [-0.15, -0.1) is 0 Å². The summed E-state index contributed by atoms with van der Waals surface area (Å²) in [5.74, 6) is -0.0577. The number of nitrogens with zero attached hydrogens (tertiary/aromatic N) is 4. The minimum Gasteiger partial charge on any atom is -0.392 e. The molecule has 5 rings (SSSR count). The predicted octanol–water partition coefficient (Wildman–Crippen LogP) is 3.86. The number of aliphatic hydroxyl groups is 1. The molecule has 0 saturated carbocycles. The summed E-state index contributed by atoms with van der Waals surface area (Å²) >= 11 is 0. The average Bonchev–Trinajstić information content (AvgIpc) is 3.37. The van der Waals surface area contributed by atoms with Gasteiger partial charge in [-0.2, -0.15) is 0 Å². The van der Waals surface area contributed by atoms with E-state index in [1.54, 1.807) is 32.1 Å². The summed E-state index contributed by atoms with van der Waals surface area (Å²) in [5, 5.41) is 12.2. The molecular formula is C32H38N6O3. The van der Waals surface area contributed by atoms with Crippen LogP contribution in [0.4, 0.5) is 0 Å². The lowest BCUT2D eigenvalue weighted by Gasteiger charge is -2.30. The van der Waals surface area contributed by atoms with Crippen LogP contribution in [-0.2, 0) is 17.8 Å². The molecule has 9 heteroatoms. The number of fused-ring (bicyclic) bond motifs is 2. The lowest BCUT2D eigenvalue weighted by Crippen LogP contribution is -2.36. The normalized spacial score (nSPS) is 14.1. The van der Waals surface area contributed by atoms with Crippen LogP contribution in [0, 0.1) is 13.8 Å². The zero-order chi connectivity index (χ0) is 29.3. The third kappa shape index (κ3) is 6.16. The summed E-state index contributed by atoms with van der Waals surface area (Å²) in [6.07, 6.45) is 4.53. The molecule has 2 amide bonds. The van der Waals surface area contributed by atoms with E-state index in [2.05, 4.69) is 39.2 Å². The van der Waals surface area contributed by atoms with Crippen molar-refractivity contribution in [2.45, 2.75) is 46.3 Å². The summed E-state index contributed by atoms with van der Waals surface area (Å²) in [6, 6.07) is 10.2. The van der Waals surface area contributed by atoms with Crippen molar-refractivity contribution in [1.29, 1.82) is 0 Å². The summed E-state index contributed by atoms with van der Waals surface area (Å²) in [6.45, 7) is 8.39. The van der Waals surface area contributed by atoms with Crippen LogP contribution in [0.15, 0.2) is 42.7 Å². The SMILES string of the molecule is Cc1cc(-c2c[nH]c3ncc(-c4cc(C)c5c(c4)CN(CCC(=O)NCC(C)O)CC5)nc23)ccc1C(=O)N(C)C. The fraction of sp³-hybridized carbons (Fsp3) is 0.375. The molecule has 0 spiro atoms. The minimum absolute atomic E-state index is 0.0176. The van der Waals surface area contributed by atoms with Crippen molar-refractivity contribution in [3.05, 3.63) is 70.5 Å². The highest BCUT2D eigenvalue weighted by molar-refractivity contribution is 5.97. The Kier molecular flexibility index (Phi) is 8.19. The molecule has 1 aliphatic heterocycles. The molecule has 3 N–H and O–H groups in total. The Morgan fingerprint density at radius 2 is 1.93 bits per heavy atom. The second-order valence-corrected chi connectivity index (χ2v) is 11.2. The van der Waals surface area contributed by atoms with Crippen LogP contribution < -0.4 is 5.32 Å². The van der Waals surface area contributed by atoms with Crippen molar-refractivity contribution in [2.24, 2.45) is 0 Å². The van der Waals surface area contributed by atoms with E-state index in [0.717, 1.165) is 53.0 Å². The Hall–Kier alpha value is -4.08. The Morgan fingerprint density at radius 1 is 1.15 bits per heavy atom. The molecule has 2 aromatic carbocycles. The lowest BCUT2D eigenvalue weighted by atomic mass is 9.92. The van der Waals surface area contributed by atoms with Gasteiger partial charge < -0.3 is 20.3 Å². The number of aromatic amines is 1. The first-order valence-corrected chi connectivity index (χ1v) is 14.1. The second kappa shape index (κ2) is 11.8. The van der Waals surface area contributed by atoms with Crippen LogP contribution in [0.25, 0.3) is 33.5 Å². The number of aryl methyl sites for hydroxylation is 2. The maximum atomic E-state index is 12.5. The number of nitrogens with one attached hydrogen (secondary N) is 2. The second-order valence-electron chi connectivity index (χ2n) is 11.2. The molecule has 0 fully saturated rings. The topological polar surface area (TPSA) is 114 Å². The monoisotopic (exact) mass is 554 g/mol. The number of aliphatic hydroxyl groups excluding tert-OH is 1. The van der Waals surface area contributed by atoms with E-state index in [9.17, 15) is 14.7 Å². The number of hydrogen-bond donors (Lipinski definition) is 3. The van der Waals surface area contributed by atoms with E-state index in [-0.39, 0.29) is 18.4 Å². The lowest BCUT2D eigenvalue weighted by molar-refractivity contribution is -0.121. The van der Waals surface area contributed by atoms with E-state index >= 15 is 0 Å². The van der Waals surface area contributed by atoms with Crippen molar-refractivity contribution in [1.82, 2.24) is 30.1 Å². The predicted molar refractivity (Wildman–Crippen MR) is 161 cm³/mol. The van der Waals surface area contributed by atoms with E-state index in [1.165, 1.54) is 16.7 Å². The van der Waals surface area contributed by atoms with E-state index in [4.69, 9.17) is 4.98 Å². The van der Waals surface area contributed by atoms with Gasteiger partial charge in [-0.3, -0.25) is 14.5 Å². The van der Waals surface area contributed by atoms with E-state index in [0.29, 0.717) is 24.2 Å². The van der Waals surface area contributed by atoms with Gasteiger partial charge in [0, 0.05) is 69.6 Å². The Bertz CT molecular complexity index is 1610. The molecule has 0 bridgehead atoms. The number of H-pyrrole nitrogens is 1. The molecule has 4 aromatic rings. The quantitative estimate of drug-likeness (QED) is 0.305. The molecule has 9 nitrogen and oxygen atoms in total. The number of rotatable bonds is 8. The fourth-order valence-corrected chi connectivity index (χ4v) is 5.49. The van der Waals surface area contributed by atoms with E-state index in [1.807, 2.05) is 31.3 Å². The van der Waals surface area contributed by atoms with Gasteiger partial charge in [0.2, 0.25) is 5.91 Å². The Balaban J connectivity index is 1.39. The molecule has 2 aromatic heterocycles. The molecule has 0 saturated heterocycles. The highest BCUT2D eigenvalue weighted by atomic mass is 16.3. The Labute approximate surface area is 240 Å². The van der Waals surface area contributed by atoms with E-state index < -0.39 is 6.10 Å². The fourth-order valence-electron chi connectivity index (χ4n) is 5.49. The van der Waals surface area contributed by atoms with Crippen LogP contribution in [0.2, 0.25) is 0 Å². The van der Waals surface area contributed by atoms with Gasteiger partial charge >= 0.3 is 0 Å². The van der Waals surface area contributed by atoms with Crippen molar-refractivity contribution in [3.63, 3.8) is 0 Å². The highest BCUT2D eigenvalue weighted by Gasteiger charge is 2.21. The van der Waals surface area contributed by atoms with Gasteiger partial charge in [-0.05, 0) is 73.2 Å². The Morgan fingerprint density at radius 3 is 2.66 bits per heavy atom. The number of carbonyl (C=O) groups is 2. The number of amides is 2. The summed E-state index contributed by atoms with van der Waals surface area (Å²) in [5.41, 5.74) is 10.7. The molecular weight excluding hydrogens is 516 g/mol. The standard InChI is InChI=1S/C32H38N6O3/c1-19-13-23(14-24-18-38(10-8-25(19)24)11-9-29(40)33-15-21(3)39)28-17-35-31-30(36-28)27(16-34-31)22-6-7-26(20(2)12-22)32(41)37(4)5/h6-7,12-14,16-17,21,39H,8-11,15,18H2,1-5H3,(H,33,40)(H,34,35). The van der Waals surface area contributed by atoms with Crippen LogP contribution in [-0.4, -0.2) is 81.5 Å². The maximum Gasteiger partial charge on any atom is 0.253 e. The summed E-state index contributed by atoms with van der Waals surface area (Å²) in [4.78, 5) is 41.5. The van der Waals surface area contributed by atoms with Gasteiger partial charge in [0.15, 0.2) is 5.65 Å². The summed E-state index contributed by atoms with van der Waals surface area (Å²) in [7, 11) is 3.51. The van der Waals surface area contributed by atoms with Crippen molar-refractivity contribution in [2.75, 3.05) is 33.7 Å². The zero-order valence-electron chi connectivity index (χ0n) is 24.4. The molecule has 214 valence electrons. The maximum absolute atomic E-state index is 12.5. The third-order valence-corrected chi connectivity index (χ3v) is 7.74. The van der Waals surface area contributed by atoms with Crippen molar-refractivity contribution < 1.29 is 14.7 Å². The number of benzene rings is 2. The number of hydrogen-bond acceptors (Lipinski definition) is 6. The van der Waals surface area contributed by atoms with Crippen molar-refractivity contribution >= 4 is 23.0 Å². The molecule has 41 heavy (non-hydrogen) atoms. The molecule has 1 atom stereocenters. The molecule has 0 radical (unpaired) electrons. The summed E-state index contributed by atoms with van der Waals surface area (Å²) < 4.78 is 0. The van der Waals surface area contributed by atoms with Gasteiger partial charge in [-0.25, -0.2) is 9.97 Å². The first kappa shape index (κ1) is 28.4. The van der Waals surface area contributed by atoms with Crippen molar-refractivity contribution in [3.8, 4) is 22.4 Å². The van der Waals surface area contributed by atoms with Gasteiger partial charge in [0.1, 0.15) is 5.52 Å². The third-order valence-electron chi connectivity index (χ3n) is 7.74. The molecule has 1 aliphatic rings. The average molecular weight is 555 g/mol. The molecule has 0 aliphatic carbocycles. The first-order chi connectivity index (χ1) is 19.6. The number of carbonyl (C=O) groups excluding carboxylic acids is 2. The van der Waals surface area contributed by atoms with Gasteiger partial charge in [0.05, 0.1) is 18.0 Å². The van der Waals surface area contributed by atoms with Gasteiger partial charge in [-0.1, -0.05) is 12.1 Å². The van der Waals surface area contributed by atoms with Crippen LogP contribution in [0.1, 0.15) is 46.0 Å². The molecule has 1 unspecified atom stereocenters. The minimum atomic E-state index is -0.546. The first-order valence-electron chi connectivity index (χ1n) is 14.1. The smallest absolute Gasteiger partial charge is 0.253 e. The molecule has 3 heterocycles. The zero-order valence-corrected chi connectivity index (χ0v) is 24.4. The highest BCUT2D eigenvalue weighted by Crippen LogP contribution is 2.32. The van der Waals surface area contributed by atoms with Crippen LogP contribution in [0.3, 0.4) is 0 Å².